The minimum absolute atomic E-state index is 0.119. The van der Waals surface area contributed by atoms with Crippen LogP contribution in [0.2, 0.25) is 0 Å². The Balaban J connectivity index is 1.55. The molecule has 0 saturated heterocycles. The Bertz CT molecular complexity index is 1070. The van der Waals surface area contributed by atoms with Gasteiger partial charge in [-0.3, -0.25) is 4.99 Å². The van der Waals surface area contributed by atoms with E-state index in [2.05, 4.69) is 26.4 Å². The number of carbonyl (C=O) groups is 1. The molecule has 0 amide bonds. The third-order valence-corrected chi connectivity index (χ3v) is 5.68. The first-order chi connectivity index (χ1) is 14.7. The number of hydrazone groups is 1. The molecule has 5 rings (SSSR count). The van der Waals surface area contributed by atoms with Gasteiger partial charge in [0.25, 0.3) is 0 Å². The second-order valence-corrected chi connectivity index (χ2v) is 7.45. The monoisotopic (exact) mass is 403 g/mol. The van der Waals surface area contributed by atoms with E-state index in [1.54, 1.807) is 11.9 Å². The number of fused-ring (bicyclic) bond motifs is 5. The van der Waals surface area contributed by atoms with E-state index >= 15 is 0 Å². The van der Waals surface area contributed by atoms with Crippen molar-refractivity contribution in [2.45, 2.75) is 31.5 Å². The van der Waals surface area contributed by atoms with Crippen LogP contribution in [0.1, 0.15) is 24.1 Å². The molecule has 1 N–H and O–H groups in total. The predicted molar refractivity (Wildman–Crippen MR) is 111 cm³/mol. The van der Waals surface area contributed by atoms with Crippen LogP contribution >= 0.6 is 0 Å². The summed E-state index contributed by atoms with van der Waals surface area (Å²) in [6.07, 6.45) is 0.698. The van der Waals surface area contributed by atoms with Crippen molar-refractivity contribution in [2.24, 2.45) is 26.2 Å². The Kier molecular flexibility index (Phi) is 4.54. The highest BCUT2D eigenvalue weighted by Gasteiger charge is 2.53. The molecule has 0 radical (unpaired) electrons. The van der Waals surface area contributed by atoms with E-state index in [1.807, 2.05) is 48.5 Å². The van der Waals surface area contributed by atoms with Crippen LogP contribution < -0.4 is 0 Å². The van der Waals surface area contributed by atoms with Crippen LogP contribution in [0.3, 0.4) is 0 Å². The molecule has 2 aromatic rings. The number of nitrogens with zero attached hydrogens (tertiary/aromatic N) is 5. The lowest BCUT2D eigenvalue weighted by Crippen LogP contribution is -2.47. The summed E-state index contributed by atoms with van der Waals surface area (Å²) in [5.74, 6) is -0.242. The number of azo groups is 1. The Hall–Kier alpha value is -3.55. The largest absolute Gasteiger partial charge is 0.493 e. The fraction of sp³-hybridized carbons (Fsp3) is 0.318. The van der Waals surface area contributed by atoms with Crippen molar-refractivity contribution in [3.8, 4) is 0 Å². The molecule has 4 unspecified atom stereocenters. The molecule has 0 spiro atoms. The minimum atomic E-state index is -0.851. The van der Waals surface area contributed by atoms with E-state index in [0.29, 0.717) is 17.9 Å². The summed E-state index contributed by atoms with van der Waals surface area (Å²) in [7, 11) is 0. The number of hydrogen-bond acceptors (Lipinski definition) is 7. The molecule has 0 fully saturated rings. The molecule has 4 atom stereocenters. The first kappa shape index (κ1) is 18.5. The quantitative estimate of drug-likeness (QED) is 0.623. The van der Waals surface area contributed by atoms with Crippen molar-refractivity contribution >= 4 is 23.4 Å². The van der Waals surface area contributed by atoms with Gasteiger partial charge >= 0.3 is 5.97 Å². The Morgan fingerprint density at radius 2 is 1.97 bits per heavy atom. The number of aliphatic hydroxyl groups excluding tert-OH is 1. The number of hydrogen-bond donors (Lipinski definition) is 1. The number of aliphatic imine (C=N–C) groups is 1. The normalized spacial score (nSPS) is 26.6. The van der Waals surface area contributed by atoms with Crippen molar-refractivity contribution in [3.63, 3.8) is 0 Å². The number of amidine groups is 1. The fourth-order valence-corrected chi connectivity index (χ4v) is 4.41. The molecule has 30 heavy (non-hydrogen) atoms. The van der Waals surface area contributed by atoms with Gasteiger partial charge in [-0.1, -0.05) is 42.5 Å². The Labute approximate surface area is 173 Å². The van der Waals surface area contributed by atoms with E-state index in [1.165, 1.54) is 0 Å². The van der Waals surface area contributed by atoms with Gasteiger partial charge in [0.05, 0.1) is 18.3 Å². The van der Waals surface area contributed by atoms with Gasteiger partial charge in [0.2, 0.25) is 11.9 Å². The zero-order chi connectivity index (χ0) is 20.7. The van der Waals surface area contributed by atoms with Crippen molar-refractivity contribution in [1.82, 2.24) is 5.01 Å². The second-order valence-electron chi connectivity index (χ2n) is 7.45. The summed E-state index contributed by atoms with van der Waals surface area (Å²) in [5, 5.41) is 25.1. The highest BCUT2D eigenvalue weighted by molar-refractivity contribution is 6.11. The lowest BCUT2D eigenvalue weighted by molar-refractivity contribution is -0.146. The van der Waals surface area contributed by atoms with E-state index in [-0.39, 0.29) is 30.4 Å². The number of rotatable bonds is 4. The SMILES string of the molecule is CCOC(=O)C1N=C2C(N=Nc3ccccc3)C(O)=NN2C2c3ccccc3CC12. The zero-order valence-electron chi connectivity index (χ0n) is 16.4. The molecule has 8 nitrogen and oxygen atoms in total. The van der Waals surface area contributed by atoms with Gasteiger partial charge in [-0.05, 0) is 36.6 Å². The van der Waals surface area contributed by atoms with Crippen LogP contribution in [-0.2, 0) is 16.0 Å². The number of aliphatic hydroxyl groups is 1. The van der Waals surface area contributed by atoms with Crippen LogP contribution in [0.4, 0.5) is 5.69 Å². The number of carbonyl (C=O) groups excluding carboxylic acids is 1. The zero-order valence-corrected chi connectivity index (χ0v) is 16.4. The van der Waals surface area contributed by atoms with Crippen LogP contribution in [0.5, 0.6) is 0 Å². The summed E-state index contributed by atoms with van der Waals surface area (Å²) in [6.45, 7) is 2.07. The van der Waals surface area contributed by atoms with E-state index in [4.69, 9.17) is 4.74 Å². The average molecular weight is 403 g/mol. The summed E-state index contributed by atoms with van der Waals surface area (Å²) in [6, 6.07) is 15.6. The topological polar surface area (TPSA) is 99.2 Å². The van der Waals surface area contributed by atoms with E-state index in [9.17, 15) is 9.90 Å². The molecule has 2 aliphatic heterocycles. The fourth-order valence-electron chi connectivity index (χ4n) is 4.41. The van der Waals surface area contributed by atoms with Crippen molar-refractivity contribution < 1.29 is 14.6 Å². The highest BCUT2D eigenvalue weighted by atomic mass is 16.5. The molecule has 0 aromatic heterocycles. The van der Waals surface area contributed by atoms with Gasteiger partial charge < -0.3 is 9.84 Å². The minimum Gasteiger partial charge on any atom is -0.493 e. The molecular formula is C22H21N5O3. The van der Waals surface area contributed by atoms with Crippen LogP contribution in [-0.4, -0.2) is 46.5 Å². The van der Waals surface area contributed by atoms with Crippen molar-refractivity contribution in [3.05, 3.63) is 65.7 Å². The lowest BCUT2D eigenvalue weighted by Gasteiger charge is -2.36. The molecule has 0 bridgehead atoms. The number of benzene rings is 2. The molecule has 8 heteroatoms. The number of esters is 1. The molecule has 3 aliphatic rings. The smallest absolute Gasteiger partial charge is 0.331 e. The third-order valence-electron chi connectivity index (χ3n) is 5.68. The predicted octanol–water partition coefficient (Wildman–Crippen LogP) is 3.58. The molecule has 2 aromatic carbocycles. The standard InChI is InChI=1S/C22H21N5O3/c1-2-30-22(29)17-16-12-13-8-6-7-11-15(13)19(16)27-20(23-17)18(21(28)26-27)25-24-14-9-4-3-5-10-14/h3-11,16-19H,2,12H2,1H3,(H,26,28). The van der Waals surface area contributed by atoms with Gasteiger partial charge in [0.15, 0.2) is 11.9 Å². The van der Waals surface area contributed by atoms with Crippen LogP contribution in [0.15, 0.2) is 74.9 Å². The van der Waals surface area contributed by atoms with Gasteiger partial charge in [-0.25, -0.2) is 9.80 Å². The maximum atomic E-state index is 12.7. The molecule has 0 saturated carbocycles. The molecular weight excluding hydrogens is 382 g/mol. The third kappa shape index (κ3) is 2.96. The number of ether oxygens (including phenoxy) is 1. The van der Waals surface area contributed by atoms with Gasteiger partial charge in [-0.15, -0.1) is 5.10 Å². The van der Waals surface area contributed by atoms with Crippen LogP contribution in [0, 0.1) is 5.92 Å². The second kappa shape index (κ2) is 7.37. The Morgan fingerprint density at radius 3 is 2.77 bits per heavy atom. The summed E-state index contributed by atoms with van der Waals surface area (Å²) in [4.78, 5) is 17.4. The Morgan fingerprint density at radius 1 is 1.20 bits per heavy atom. The summed E-state index contributed by atoms with van der Waals surface area (Å²) >= 11 is 0. The van der Waals surface area contributed by atoms with Gasteiger partial charge in [-0.2, -0.15) is 10.2 Å². The van der Waals surface area contributed by atoms with E-state index in [0.717, 1.165) is 11.1 Å². The highest BCUT2D eigenvalue weighted by Crippen LogP contribution is 2.47. The van der Waals surface area contributed by atoms with Crippen molar-refractivity contribution in [2.75, 3.05) is 6.61 Å². The van der Waals surface area contributed by atoms with Crippen LogP contribution in [0.25, 0.3) is 0 Å². The molecule has 2 heterocycles. The summed E-state index contributed by atoms with van der Waals surface area (Å²) < 4.78 is 5.31. The van der Waals surface area contributed by atoms with Gasteiger partial charge in [0, 0.05) is 5.92 Å². The first-order valence-electron chi connectivity index (χ1n) is 10.0. The molecule has 152 valence electrons. The summed E-state index contributed by atoms with van der Waals surface area (Å²) in [5.41, 5.74) is 2.90. The van der Waals surface area contributed by atoms with E-state index < -0.39 is 12.1 Å². The van der Waals surface area contributed by atoms with Crippen molar-refractivity contribution in [1.29, 1.82) is 0 Å². The average Bonchev–Trinajstić information content (AvgIpc) is 3.29. The molecule has 1 aliphatic carbocycles. The lowest BCUT2D eigenvalue weighted by atomic mass is 9.90. The first-order valence-corrected chi connectivity index (χ1v) is 10.0. The van der Waals surface area contributed by atoms with Gasteiger partial charge in [0.1, 0.15) is 0 Å². The maximum Gasteiger partial charge on any atom is 0.331 e. The maximum absolute atomic E-state index is 12.7.